The van der Waals surface area contributed by atoms with Crippen molar-refractivity contribution in [1.29, 1.82) is 0 Å². The lowest BCUT2D eigenvalue weighted by atomic mass is 10.1. The number of amides is 1. The molecule has 0 heterocycles. The van der Waals surface area contributed by atoms with Crippen molar-refractivity contribution in [3.63, 3.8) is 0 Å². The minimum atomic E-state index is -0.229. The molecular weight excluding hydrogens is 286 g/mol. The van der Waals surface area contributed by atoms with E-state index in [9.17, 15) is 9.90 Å². The highest BCUT2D eigenvalue weighted by Crippen LogP contribution is 2.24. The van der Waals surface area contributed by atoms with Crippen LogP contribution in [0.5, 0.6) is 11.5 Å². The smallest absolute Gasteiger partial charge is 0.257 e. The number of benzene rings is 1. The van der Waals surface area contributed by atoms with Gasteiger partial charge in [0.1, 0.15) is 11.5 Å². The Hall–Kier alpha value is -1.23. The number of ether oxygens (including phenoxy) is 1. The molecule has 0 saturated heterocycles. The first-order valence-electron chi connectivity index (χ1n) is 5.22. The van der Waals surface area contributed by atoms with Gasteiger partial charge >= 0.3 is 0 Å². The van der Waals surface area contributed by atoms with Crippen molar-refractivity contribution in [1.82, 2.24) is 4.90 Å². The van der Waals surface area contributed by atoms with Gasteiger partial charge in [-0.2, -0.15) is 0 Å². The average molecular weight is 302 g/mol. The Bertz CT molecular complexity index is 407. The highest BCUT2D eigenvalue weighted by Gasteiger charge is 2.17. The predicted molar refractivity (Wildman–Crippen MR) is 70.0 cm³/mol. The molecule has 0 radical (unpaired) electrons. The average Bonchev–Trinajstić information content (AvgIpc) is 2.28. The molecule has 1 amide bonds. The summed E-state index contributed by atoms with van der Waals surface area (Å²) in [6.07, 6.45) is 0. The molecular formula is C12H16BrNO3. The molecule has 94 valence electrons. The number of alkyl halides is 1. The normalized spacial score (nSPS) is 12.0. The summed E-state index contributed by atoms with van der Waals surface area (Å²) in [5.74, 6) is 0.281. The van der Waals surface area contributed by atoms with Crippen LogP contribution in [0.2, 0.25) is 0 Å². The van der Waals surface area contributed by atoms with E-state index in [0.717, 1.165) is 0 Å². The first kappa shape index (κ1) is 13.8. The summed E-state index contributed by atoms with van der Waals surface area (Å²) in [5.41, 5.74) is 0.250. The van der Waals surface area contributed by atoms with Crippen molar-refractivity contribution in [2.75, 3.05) is 20.7 Å². The molecule has 0 fully saturated rings. The number of halogens is 1. The molecule has 5 heteroatoms. The maximum atomic E-state index is 12.1. The largest absolute Gasteiger partial charge is 0.507 e. The third-order valence-corrected chi connectivity index (χ3v) is 2.60. The second kappa shape index (κ2) is 5.91. The number of nitrogens with zero attached hydrogens (tertiary/aromatic N) is 1. The third-order valence-electron chi connectivity index (χ3n) is 2.31. The summed E-state index contributed by atoms with van der Waals surface area (Å²) in [5, 5.41) is 9.67. The van der Waals surface area contributed by atoms with Crippen LogP contribution in [0.3, 0.4) is 0 Å². The standard InChI is InChI=1S/C12H16BrNO3/c1-8(13)7-14(2)12(16)10-6-9(17-3)4-5-11(10)15/h4-6,8,15H,7H2,1-3H3. The molecule has 1 aromatic carbocycles. The highest BCUT2D eigenvalue weighted by molar-refractivity contribution is 9.09. The summed E-state index contributed by atoms with van der Waals surface area (Å²) >= 11 is 3.38. The van der Waals surface area contributed by atoms with Crippen molar-refractivity contribution < 1.29 is 14.6 Å². The minimum Gasteiger partial charge on any atom is -0.507 e. The fraction of sp³-hybridized carbons (Fsp3) is 0.417. The van der Waals surface area contributed by atoms with Crippen molar-refractivity contribution in [2.45, 2.75) is 11.8 Å². The van der Waals surface area contributed by atoms with E-state index in [1.54, 1.807) is 18.0 Å². The zero-order chi connectivity index (χ0) is 13.0. The van der Waals surface area contributed by atoms with Crippen molar-refractivity contribution in [3.8, 4) is 11.5 Å². The van der Waals surface area contributed by atoms with E-state index in [1.165, 1.54) is 19.2 Å². The van der Waals surface area contributed by atoms with Gasteiger partial charge in [-0.1, -0.05) is 22.9 Å². The number of rotatable bonds is 4. The molecule has 0 aliphatic carbocycles. The fourth-order valence-electron chi connectivity index (χ4n) is 1.48. The summed E-state index contributed by atoms with van der Waals surface area (Å²) in [7, 11) is 3.21. The molecule has 4 nitrogen and oxygen atoms in total. The lowest BCUT2D eigenvalue weighted by molar-refractivity contribution is 0.0794. The monoisotopic (exact) mass is 301 g/mol. The Morgan fingerprint density at radius 2 is 2.24 bits per heavy atom. The van der Waals surface area contributed by atoms with Crippen LogP contribution in [-0.4, -0.2) is 41.4 Å². The van der Waals surface area contributed by atoms with Gasteiger partial charge < -0.3 is 14.7 Å². The lowest BCUT2D eigenvalue weighted by Gasteiger charge is -2.19. The van der Waals surface area contributed by atoms with Crippen LogP contribution >= 0.6 is 15.9 Å². The van der Waals surface area contributed by atoms with Crippen molar-refractivity contribution in [2.24, 2.45) is 0 Å². The summed E-state index contributed by atoms with van der Waals surface area (Å²) in [6.45, 7) is 2.52. The zero-order valence-corrected chi connectivity index (χ0v) is 11.7. The number of carbonyl (C=O) groups is 1. The van der Waals surface area contributed by atoms with E-state index < -0.39 is 0 Å². The zero-order valence-electron chi connectivity index (χ0n) is 10.1. The van der Waals surface area contributed by atoms with E-state index in [0.29, 0.717) is 12.3 Å². The van der Waals surface area contributed by atoms with Gasteiger partial charge in [-0.3, -0.25) is 4.79 Å². The van der Waals surface area contributed by atoms with Gasteiger partial charge in [0.2, 0.25) is 0 Å². The Morgan fingerprint density at radius 1 is 1.59 bits per heavy atom. The molecule has 1 unspecified atom stereocenters. The molecule has 0 aliphatic heterocycles. The maximum Gasteiger partial charge on any atom is 0.257 e. The number of hydrogen-bond acceptors (Lipinski definition) is 3. The fourth-order valence-corrected chi connectivity index (χ4v) is 1.91. The van der Waals surface area contributed by atoms with E-state index in [1.807, 2.05) is 6.92 Å². The lowest BCUT2D eigenvalue weighted by Crippen LogP contribution is -2.31. The quantitative estimate of drug-likeness (QED) is 0.868. The summed E-state index contributed by atoms with van der Waals surface area (Å²) in [6, 6.07) is 4.60. The van der Waals surface area contributed by atoms with Gasteiger partial charge in [0.15, 0.2) is 0 Å². The third kappa shape index (κ3) is 3.63. The number of phenolic OH excluding ortho intramolecular Hbond substituents is 1. The Kier molecular flexibility index (Phi) is 4.81. The van der Waals surface area contributed by atoms with Crippen LogP contribution in [0.4, 0.5) is 0 Å². The number of carbonyl (C=O) groups excluding carboxylic acids is 1. The Balaban J connectivity index is 2.94. The van der Waals surface area contributed by atoms with Crippen LogP contribution in [0.25, 0.3) is 0 Å². The molecule has 0 saturated carbocycles. The van der Waals surface area contributed by atoms with Crippen LogP contribution in [0.15, 0.2) is 18.2 Å². The Morgan fingerprint density at radius 3 is 2.76 bits per heavy atom. The highest BCUT2D eigenvalue weighted by atomic mass is 79.9. The number of hydrogen-bond donors (Lipinski definition) is 1. The van der Waals surface area contributed by atoms with Crippen LogP contribution in [0, 0.1) is 0 Å². The van der Waals surface area contributed by atoms with Gasteiger partial charge in [-0.05, 0) is 18.2 Å². The molecule has 0 aliphatic rings. The molecule has 17 heavy (non-hydrogen) atoms. The van der Waals surface area contributed by atoms with Crippen molar-refractivity contribution in [3.05, 3.63) is 23.8 Å². The van der Waals surface area contributed by atoms with Crippen LogP contribution in [0.1, 0.15) is 17.3 Å². The number of aromatic hydroxyl groups is 1. The topological polar surface area (TPSA) is 49.8 Å². The first-order valence-corrected chi connectivity index (χ1v) is 6.13. The molecule has 1 rings (SSSR count). The maximum absolute atomic E-state index is 12.1. The molecule has 0 spiro atoms. The molecule has 1 atom stereocenters. The second-order valence-corrected chi connectivity index (χ2v) is 5.41. The van der Waals surface area contributed by atoms with Crippen molar-refractivity contribution >= 4 is 21.8 Å². The Labute approximate surface area is 109 Å². The van der Waals surface area contributed by atoms with Gasteiger partial charge in [0.25, 0.3) is 5.91 Å². The van der Waals surface area contributed by atoms with Gasteiger partial charge in [0.05, 0.1) is 12.7 Å². The molecule has 0 bridgehead atoms. The van der Waals surface area contributed by atoms with Crippen LogP contribution in [-0.2, 0) is 0 Å². The molecule has 1 aromatic rings. The SMILES string of the molecule is COc1ccc(O)c(C(=O)N(C)CC(C)Br)c1. The summed E-state index contributed by atoms with van der Waals surface area (Å²) < 4.78 is 5.03. The first-order chi connectivity index (χ1) is 7.95. The van der Waals surface area contributed by atoms with E-state index in [4.69, 9.17) is 4.74 Å². The second-order valence-electron chi connectivity index (χ2n) is 3.85. The van der Waals surface area contributed by atoms with Gasteiger partial charge in [-0.25, -0.2) is 0 Å². The minimum absolute atomic E-state index is 0.0372. The number of methoxy groups -OCH3 is 1. The van der Waals surface area contributed by atoms with Gasteiger partial charge in [0, 0.05) is 18.4 Å². The number of phenols is 1. The van der Waals surface area contributed by atoms with Gasteiger partial charge in [-0.15, -0.1) is 0 Å². The molecule has 1 N–H and O–H groups in total. The predicted octanol–water partition coefficient (Wildman–Crippen LogP) is 2.26. The van der Waals surface area contributed by atoms with E-state index >= 15 is 0 Å². The molecule has 0 aromatic heterocycles. The van der Waals surface area contributed by atoms with Crippen LogP contribution < -0.4 is 4.74 Å². The van der Waals surface area contributed by atoms with E-state index in [-0.39, 0.29) is 22.0 Å². The summed E-state index contributed by atoms with van der Waals surface area (Å²) in [4.78, 5) is 13.8. The van der Waals surface area contributed by atoms with E-state index in [2.05, 4.69) is 15.9 Å².